The normalized spacial score (nSPS) is 30.9. The van der Waals surface area contributed by atoms with Gasteiger partial charge in [-0.2, -0.15) is 0 Å². The molecule has 0 atom stereocenters. The highest BCUT2D eigenvalue weighted by Gasteiger charge is 2.58. The van der Waals surface area contributed by atoms with Gasteiger partial charge in [-0.15, -0.1) is 0 Å². The molecule has 0 unspecified atom stereocenters. The molecule has 4 nitrogen and oxygen atoms in total. The zero-order valence-electron chi connectivity index (χ0n) is 20.1. The summed E-state index contributed by atoms with van der Waals surface area (Å²) in [7, 11) is -0.348. The van der Waals surface area contributed by atoms with E-state index in [0.29, 0.717) is 0 Å². The highest BCUT2D eigenvalue weighted by molar-refractivity contribution is 6.62. The first-order valence-electron chi connectivity index (χ1n) is 12.1. The molecule has 0 bridgehead atoms. The second-order valence-electron chi connectivity index (χ2n) is 11.2. The molecule has 0 radical (unpaired) electrons. The minimum atomic E-state index is -0.562. The van der Waals surface area contributed by atoms with Crippen LogP contribution in [0.2, 0.25) is 0 Å². The second-order valence-corrected chi connectivity index (χ2v) is 11.2. The number of rotatable bonds is 5. The third-order valence-corrected chi connectivity index (χ3v) is 8.38. The molecule has 170 valence electrons. The van der Waals surface area contributed by atoms with Gasteiger partial charge in [0.05, 0.1) is 22.3 Å². The Hall–Kier alpha value is -1.66. The van der Waals surface area contributed by atoms with Crippen molar-refractivity contribution >= 4 is 12.6 Å². The van der Waals surface area contributed by atoms with Crippen LogP contribution in [0.5, 0.6) is 0 Å². The third-order valence-electron chi connectivity index (χ3n) is 8.38. The average Bonchev–Trinajstić information content (AvgIpc) is 3.24. The summed E-state index contributed by atoms with van der Waals surface area (Å²) in [4.78, 5) is 2.57. The lowest BCUT2D eigenvalue weighted by Crippen LogP contribution is -2.61. The van der Waals surface area contributed by atoms with Crippen molar-refractivity contribution in [3.05, 3.63) is 65.2 Å². The Morgan fingerprint density at radius 3 is 1.91 bits per heavy atom. The number of fused-ring (bicyclic) bond motifs is 1. The summed E-state index contributed by atoms with van der Waals surface area (Å²) in [5.74, 6) is 0. The molecule has 1 saturated carbocycles. The van der Waals surface area contributed by atoms with Crippen LogP contribution in [0.25, 0.3) is 0 Å². The van der Waals surface area contributed by atoms with E-state index in [4.69, 9.17) is 9.31 Å². The lowest BCUT2D eigenvalue weighted by Gasteiger charge is -2.58. The van der Waals surface area contributed by atoms with Crippen molar-refractivity contribution in [1.29, 1.82) is 0 Å². The van der Waals surface area contributed by atoms with Gasteiger partial charge < -0.3 is 14.4 Å². The van der Waals surface area contributed by atoms with Crippen LogP contribution in [0.15, 0.2) is 48.5 Å². The maximum atomic E-state index is 11.2. The molecular formula is C27H36BNO3. The number of hydrogen-bond acceptors (Lipinski definition) is 4. The van der Waals surface area contributed by atoms with E-state index in [2.05, 4.69) is 88.0 Å². The SMILES string of the molecule is CCCC1(O)CC(c2ccc(B3OC(C)(C)C(C)(C)O3)cc2)(N2Cc3ccccc3C2)C1. The van der Waals surface area contributed by atoms with Gasteiger partial charge in [0.2, 0.25) is 0 Å². The Labute approximate surface area is 193 Å². The monoisotopic (exact) mass is 433 g/mol. The van der Waals surface area contributed by atoms with Gasteiger partial charge in [-0.25, -0.2) is 0 Å². The smallest absolute Gasteiger partial charge is 0.399 e. The van der Waals surface area contributed by atoms with Crippen LogP contribution in [-0.4, -0.2) is 33.9 Å². The predicted octanol–water partition coefficient (Wildman–Crippen LogP) is 4.52. The molecule has 5 rings (SSSR count). The van der Waals surface area contributed by atoms with Gasteiger partial charge in [0.15, 0.2) is 0 Å². The van der Waals surface area contributed by atoms with E-state index >= 15 is 0 Å². The lowest BCUT2D eigenvalue weighted by molar-refractivity contribution is -0.160. The molecule has 0 spiro atoms. The number of benzene rings is 2. The molecule has 1 saturated heterocycles. The van der Waals surface area contributed by atoms with Crippen molar-refractivity contribution < 1.29 is 14.4 Å². The summed E-state index contributed by atoms with van der Waals surface area (Å²) in [5.41, 5.74) is 3.78. The predicted molar refractivity (Wildman–Crippen MR) is 129 cm³/mol. The molecule has 2 fully saturated rings. The number of nitrogens with zero attached hydrogens (tertiary/aromatic N) is 1. The molecule has 2 aromatic carbocycles. The fourth-order valence-electron chi connectivity index (χ4n) is 5.85. The van der Waals surface area contributed by atoms with Gasteiger partial charge in [0.1, 0.15) is 0 Å². The van der Waals surface area contributed by atoms with Crippen molar-refractivity contribution in [2.75, 3.05) is 0 Å². The first-order chi connectivity index (χ1) is 15.1. The minimum Gasteiger partial charge on any atom is -0.399 e. The van der Waals surface area contributed by atoms with Crippen molar-refractivity contribution in [3.63, 3.8) is 0 Å². The Bertz CT molecular complexity index is 953. The van der Waals surface area contributed by atoms with Crippen LogP contribution >= 0.6 is 0 Å². The minimum absolute atomic E-state index is 0.128. The van der Waals surface area contributed by atoms with Gasteiger partial charge in [-0.1, -0.05) is 61.9 Å². The molecule has 0 aromatic heterocycles. The first-order valence-corrected chi connectivity index (χ1v) is 12.1. The molecule has 32 heavy (non-hydrogen) atoms. The molecule has 1 aliphatic carbocycles. The Morgan fingerprint density at radius 1 is 0.875 bits per heavy atom. The molecule has 1 N–H and O–H groups in total. The first kappa shape index (κ1) is 22.2. The number of aliphatic hydroxyl groups is 1. The molecular weight excluding hydrogens is 397 g/mol. The molecule has 3 aliphatic rings. The van der Waals surface area contributed by atoms with Crippen molar-refractivity contribution in [2.24, 2.45) is 0 Å². The van der Waals surface area contributed by atoms with E-state index in [1.807, 2.05) is 0 Å². The molecule has 2 heterocycles. The van der Waals surface area contributed by atoms with Gasteiger partial charge in [0, 0.05) is 13.1 Å². The van der Waals surface area contributed by atoms with E-state index in [-0.39, 0.29) is 23.9 Å². The van der Waals surface area contributed by atoms with Crippen LogP contribution < -0.4 is 5.46 Å². The van der Waals surface area contributed by atoms with Crippen LogP contribution in [0.1, 0.15) is 77.0 Å². The standard InChI is InChI=1S/C27H36BNO3/c1-6-15-26(30)18-27(19-26,29-16-20-9-7-8-10-21(20)17-29)22-11-13-23(14-12-22)28-31-24(2,3)25(4,5)32-28/h7-14,30H,6,15-19H2,1-5H3. The van der Waals surface area contributed by atoms with E-state index < -0.39 is 5.60 Å². The van der Waals surface area contributed by atoms with Crippen molar-refractivity contribution in [1.82, 2.24) is 4.90 Å². The molecule has 0 amide bonds. The second kappa shape index (κ2) is 7.43. The fraction of sp³-hybridized carbons (Fsp3) is 0.556. The van der Waals surface area contributed by atoms with E-state index in [9.17, 15) is 5.11 Å². The van der Waals surface area contributed by atoms with E-state index in [1.165, 1.54) is 16.7 Å². The topological polar surface area (TPSA) is 41.9 Å². The molecule has 2 aromatic rings. The average molecular weight is 433 g/mol. The van der Waals surface area contributed by atoms with E-state index in [0.717, 1.165) is 44.2 Å². The summed E-state index contributed by atoms with van der Waals surface area (Å²) in [6.07, 6.45) is 3.45. The van der Waals surface area contributed by atoms with Crippen molar-refractivity contribution in [3.8, 4) is 0 Å². The number of hydrogen-bond donors (Lipinski definition) is 1. The van der Waals surface area contributed by atoms with Crippen LogP contribution in [0, 0.1) is 0 Å². The van der Waals surface area contributed by atoms with Crippen LogP contribution in [0.3, 0.4) is 0 Å². The van der Waals surface area contributed by atoms with Gasteiger partial charge in [-0.3, -0.25) is 4.90 Å². The zero-order chi connectivity index (χ0) is 22.8. The summed E-state index contributed by atoms with van der Waals surface area (Å²) in [5, 5.41) is 11.2. The summed E-state index contributed by atoms with van der Waals surface area (Å²) >= 11 is 0. The quantitative estimate of drug-likeness (QED) is 0.704. The highest BCUT2D eigenvalue weighted by Crippen LogP contribution is 2.56. The highest BCUT2D eigenvalue weighted by atomic mass is 16.7. The summed E-state index contributed by atoms with van der Waals surface area (Å²) < 4.78 is 12.5. The van der Waals surface area contributed by atoms with Gasteiger partial charge in [0.25, 0.3) is 0 Å². The maximum absolute atomic E-state index is 11.2. The molecule has 2 aliphatic heterocycles. The maximum Gasteiger partial charge on any atom is 0.494 e. The molecule has 5 heteroatoms. The van der Waals surface area contributed by atoms with E-state index in [1.54, 1.807) is 0 Å². The zero-order valence-corrected chi connectivity index (χ0v) is 20.1. The third kappa shape index (κ3) is 3.45. The van der Waals surface area contributed by atoms with Gasteiger partial charge >= 0.3 is 7.12 Å². The summed E-state index contributed by atoms with van der Waals surface area (Å²) in [6.45, 7) is 12.4. The van der Waals surface area contributed by atoms with Gasteiger partial charge in [-0.05, 0) is 69.1 Å². The van der Waals surface area contributed by atoms with Crippen LogP contribution in [-0.2, 0) is 27.9 Å². The Balaban J connectivity index is 1.42. The summed E-state index contributed by atoms with van der Waals surface area (Å²) in [6, 6.07) is 17.5. The van der Waals surface area contributed by atoms with Crippen molar-refractivity contribution in [2.45, 2.75) is 95.7 Å². The van der Waals surface area contributed by atoms with Crippen LogP contribution in [0.4, 0.5) is 0 Å². The lowest BCUT2D eigenvalue weighted by atomic mass is 9.59. The largest absolute Gasteiger partial charge is 0.494 e. The Morgan fingerprint density at radius 2 is 1.41 bits per heavy atom. The Kier molecular flexibility index (Phi) is 5.14. The fourth-order valence-corrected chi connectivity index (χ4v) is 5.85.